The highest BCUT2D eigenvalue weighted by atomic mass is 19.3. The molecule has 0 aliphatic rings. The van der Waals surface area contributed by atoms with Gasteiger partial charge in [0.2, 0.25) is 6.54 Å². The number of amides is 1. The van der Waals surface area contributed by atoms with Gasteiger partial charge in [-0.1, -0.05) is 13.3 Å². The van der Waals surface area contributed by atoms with E-state index in [0.29, 0.717) is 5.69 Å². The molecule has 0 saturated heterocycles. The third kappa shape index (κ3) is 5.65. The van der Waals surface area contributed by atoms with Crippen molar-refractivity contribution in [2.45, 2.75) is 32.9 Å². The summed E-state index contributed by atoms with van der Waals surface area (Å²) in [5, 5.41) is 2.71. The molecule has 1 heterocycles. The minimum atomic E-state index is -2.86. The molecule has 2 rings (SSSR count). The maximum Gasteiger partial charge on any atom is 0.387 e. The van der Waals surface area contributed by atoms with E-state index < -0.39 is 6.61 Å². The highest BCUT2D eigenvalue weighted by Gasteiger charge is 2.10. The highest BCUT2D eigenvalue weighted by Crippen LogP contribution is 2.17. The summed E-state index contributed by atoms with van der Waals surface area (Å²) in [5.41, 5.74) is 1.76. The number of aryl methyl sites for hydroxylation is 1. The molecule has 0 bridgehead atoms. The Morgan fingerprint density at radius 2 is 1.83 bits per heavy atom. The van der Waals surface area contributed by atoms with Gasteiger partial charge in [-0.05, 0) is 36.2 Å². The fourth-order valence-corrected chi connectivity index (χ4v) is 2.13. The monoisotopic (exact) mass is 321 g/mol. The van der Waals surface area contributed by atoms with Gasteiger partial charge < -0.3 is 10.1 Å². The lowest BCUT2D eigenvalue weighted by Crippen LogP contribution is -2.39. The van der Waals surface area contributed by atoms with Gasteiger partial charge in [-0.25, -0.2) is 0 Å². The first-order chi connectivity index (χ1) is 11.1. The quantitative estimate of drug-likeness (QED) is 0.796. The van der Waals surface area contributed by atoms with E-state index in [9.17, 15) is 13.6 Å². The van der Waals surface area contributed by atoms with E-state index in [1.54, 1.807) is 4.57 Å². The summed E-state index contributed by atoms with van der Waals surface area (Å²) in [6, 6.07) is 9.79. The van der Waals surface area contributed by atoms with Crippen molar-refractivity contribution in [3.63, 3.8) is 0 Å². The Morgan fingerprint density at radius 1 is 1.17 bits per heavy atom. The van der Waals surface area contributed by atoms with Gasteiger partial charge in [0.15, 0.2) is 12.4 Å². The van der Waals surface area contributed by atoms with Gasteiger partial charge in [0.05, 0.1) is 0 Å². The van der Waals surface area contributed by atoms with Crippen molar-refractivity contribution in [1.82, 2.24) is 0 Å². The summed E-state index contributed by atoms with van der Waals surface area (Å²) in [6.07, 6.45) is 5.82. The molecule has 23 heavy (non-hydrogen) atoms. The van der Waals surface area contributed by atoms with Gasteiger partial charge in [-0.15, -0.1) is 0 Å². The second-order valence-electron chi connectivity index (χ2n) is 5.08. The van der Waals surface area contributed by atoms with Gasteiger partial charge >= 0.3 is 6.61 Å². The third-order valence-electron chi connectivity index (χ3n) is 3.19. The largest absolute Gasteiger partial charge is 0.435 e. The minimum Gasteiger partial charge on any atom is -0.435 e. The van der Waals surface area contributed by atoms with E-state index >= 15 is 0 Å². The number of anilines is 1. The first-order valence-corrected chi connectivity index (χ1v) is 7.39. The lowest BCUT2D eigenvalue weighted by atomic mass is 10.2. The molecule has 4 nitrogen and oxygen atoms in total. The smallest absolute Gasteiger partial charge is 0.387 e. The molecule has 1 aromatic carbocycles. The summed E-state index contributed by atoms with van der Waals surface area (Å²) in [4.78, 5) is 12.0. The molecule has 0 saturated carbocycles. The molecular weight excluding hydrogens is 302 g/mol. The zero-order valence-corrected chi connectivity index (χ0v) is 12.8. The van der Waals surface area contributed by atoms with E-state index in [-0.39, 0.29) is 18.2 Å². The van der Waals surface area contributed by atoms with Crippen LogP contribution in [0.5, 0.6) is 5.75 Å². The normalized spacial score (nSPS) is 10.6. The van der Waals surface area contributed by atoms with Crippen molar-refractivity contribution in [3.8, 4) is 5.75 Å². The Labute approximate surface area is 133 Å². The molecule has 0 aliphatic carbocycles. The zero-order valence-electron chi connectivity index (χ0n) is 12.8. The zero-order chi connectivity index (χ0) is 16.7. The summed E-state index contributed by atoms with van der Waals surface area (Å²) < 4.78 is 30.1. The van der Waals surface area contributed by atoms with Crippen molar-refractivity contribution < 1.29 is 22.9 Å². The van der Waals surface area contributed by atoms with Gasteiger partial charge in [0.25, 0.3) is 5.91 Å². The predicted molar refractivity (Wildman–Crippen MR) is 82.3 cm³/mol. The number of aromatic nitrogens is 1. The predicted octanol–water partition coefficient (Wildman–Crippen LogP) is 3.17. The van der Waals surface area contributed by atoms with Crippen LogP contribution in [0, 0.1) is 0 Å². The number of alkyl halides is 2. The maximum atomic E-state index is 12.1. The third-order valence-corrected chi connectivity index (χ3v) is 3.19. The van der Waals surface area contributed by atoms with Gasteiger partial charge in [0, 0.05) is 17.8 Å². The van der Waals surface area contributed by atoms with E-state index in [4.69, 9.17) is 0 Å². The van der Waals surface area contributed by atoms with E-state index in [0.717, 1.165) is 12.8 Å². The van der Waals surface area contributed by atoms with Crippen molar-refractivity contribution in [2.75, 3.05) is 5.32 Å². The lowest BCUT2D eigenvalue weighted by Gasteiger charge is -2.06. The topological polar surface area (TPSA) is 42.2 Å². The number of nitrogens with zero attached hydrogens (tertiary/aromatic N) is 1. The highest BCUT2D eigenvalue weighted by molar-refractivity contribution is 5.89. The molecule has 0 radical (unpaired) electrons. The number of hydrogen-bond donors (Lipinski definition) is 1. The Morgan fingerprint density at radius 3 is 2.39 bits per heavy atom. The summed E-state index contributed by atoms with van der Waals surface area (Å²) in [5.74, 6) is -0.139. The number of hydrogen-bond acceptors (Lipinski definition) is 2. The van der Waals surface area contributed by atoms with Crippen molar-refractivity contribution >= 4 is 11.6 Å². The Hall–Kier alpha value is -2.50. The fourth-order valence-electron chi connectivity index (χ4n) is 2.13. The average Bonchev–Trinajstić information content (AvgIpc) is 2.51. The number of halogens is 2. The van der Waals surface area contributed by atoms with Gasteiger partial charge in [0.1, 0.15) is 5.75 Å². The second kappa shape index (κ2) is 8.22. The number of benzene rings is 1. The summed E-state index contributed by atoms with van der Waals surface area (Å²) in [7, 11) is 0. The number of carbonyl (C=O) groups is 1. The Bertz CT molecular complexity index is 628. The summed E-state index contributed by atoms with van der Waals surface area (Å²) in [6.45, 7) is -0.559. The molecule has 6 heteroatoms. The van der Waals surface area contributed by atoms with E-state index in [1.807, 2.05) is 24.5 Å². The molecule has 0 aliphatic heterocycles. The fraction of sp³-hybridized carbons (Fsp3) is 0.294. The van der Waals surface area contributed by atoms with Crippen LogP contribution >= 0.6 is 0 Å². The van der Waals surface area contributed by atoms with Crippen LogP contribution < -0.4 is 14.6 Å². The van der Waals surface area contributed by atoms with Crippen LogP contribution in [0.4, 0.5) is 14.5 Å². The van der Waals surface area contributed by atoms with Crippen LogP contribution in [-0.2, 0) is 17.8 Å². The van der Waals surface area contributed by atoms with E-state index in [1.165, 1.54) is 29.8 Å². The maximum absolute atomic E-state index is 12.1. The second-order valence-corrected chi connectivity index (χ2v) is 5.08. The SMILES string of the molecule is CCCc1cc[n+](CC(=O)Nc2ccc(OC(F)F)cc2)cc1. The van der Waals surface area contributed by atoms with Crippen LogP contribution in [-0.4, -0.2) is 12.5 Å². The van der Waals surface area contributed by atoms with Crippen LogP contribution in [0.25, 0.3) is 0 Å². The molecule has 0 spiro atoms. The van der Waals surface area contributed by atoms with Crippen molar-refractivity contribution in [3.05, 3.63) is 54.4 Å². The molecule has 122 valence electrons. The van der Waals surface area contributed by atoms with Crippen LogP contribution in [0.3, 0.4) is 0 Å². The van der Waals surface area contributed by atoms with Crippen LogP contribution in [0.15, 0.2) is 48.8 Å². The van der Waals surface area contributed by atoms with Crippen molar-refractivity contribution in [2.24, 2.45) is 0 Å². The molecule has 0 unspecified atom stereocenters. The standard InChI is InChI=1S/C17H18F2N2O2/c1-2-3-13-8-10-21(11-9-13)12-16(22)20-14-4-6-15(7-5-14)23-17(18)19/h4-11,17H,2-3,12H2,1H3/p+1. The van der Waals surface area contributed by atoms with Crippen LogP contribution in [0.1, 0.15) is 18.9 Å². The average molecular weight is 321 g/mol. The van der Waals surface area contributed by atoms with Crippen molar-refractivity contribution in [1.29, 1.82) is 0 Å². The molecule has 1 amide bonds. The minimum absolute atomic E-state index is 0.0545. The molecule has 1 N–H and O–H groups in total. The molecule has 0 fully saturated rings. The number of ether oxygens (including phenoxy) is 1. The Balaban J connectivity index is 1.88. The first kappa shape index (κ1) is 16.9. The van der Waals surface area contributed by atoms with Crippen LogP contribution in [0.2, 0.25) is 0 Å². The lowest BCUT2D eigenvalue weighted by molar-refractivity contribution is -0.684. The molecular formula is C17H19F2N2O2+. The number of carbonyl (C=O) groups excluding carboxylic acids is 1. The number of pyridine rings is 1. The van der Waals surface area contributed by atoms with E-state index in [2.05, 4.69) is 17.0 Å². The number of nitrogens with one attached hydrogen (secondary N) is 1. The first-order valence-electron chi connectivity index (χ1n) is 7.39. The van der Waals surface area contributed by atoms with Gasteiger partial charge in [-0.3, -0.25) is 4.79 Å². The number of rotatable bonds is 7. The van der Waals surface area contributed by atoms with Gasteiger partial charge in [-0.2, -0.15) is 13.3 Å². The Kier molecular flexibility index (Phi) is 6.02. The molecule has 0 atom stereocenters. The molecule has 1 aromatic heterocycles. The molecule has 2 aromatic rings. The summed E-state index contributed by atoms with van der Waals surface area (Å²) >= 11 is 0.